The lowest BCUT2D eigenvalue weighted by atomic mass is 10.2. The van der Waals surface area contributed by atoms with Crippen molar-refractivity contribution < 1.29 is 18.8 Å². The first-order valence-electron chi connectivity index (χ1n) is 9.71. The van der Waals surface area contributed by atoms with Crippen LogP contribution >= 0.6 is 0 Å². The molecule has 1 fully saturated rings. The molecule has 1 aromatic carbocycles. The van der Waals surface area contributed by atoms with Crippen molar-refractivity contribution in [2.45, 2.75) is 32.9 Å². The minimum Gasteiger partial charge on any atom is -0.306 e. The summed E-state index contributed by atoms with van der Waals surface area (Å²) in [5, 5.41) is 6.57. The number of nitrogens with one attached hydrogen (secondary N) is 2. The van der Waals surface area contributed by atoms with Crippen LogP contribution in [-0.4, -0.2) is 53.1 Å². The summed E-state index contributed by atoms with van der Waals surface area (Å²) in [5.74, 6) is -0.648. The third-order valence-corrected chi connectivity index (χ3v) is 4.94. The van der Waals surface area contributed by atoms with Crippen LogP contribution in [0, 0.1) is 12.7 Å². The van der Waals surface area contributed by atoms with Crippen LogP contribution in [0.25, 0.3) is 0 Å². The molecule has 2 aromatic rings. The van der Waals surface area contributed by atoms with E-state index in [-0.39, 0.29) is 17.6 Å². The van der Waals surface area contributed by atoms with Gasteiger partial charge >= 0.3 is 6.03 Å². The standard InChI is InChI=1S/C21H26FN5O3/c1-14-4-6-17(11-23-14)24-21(29)25-20-10-16(5-7-19(20)22)12-26-9-8-18(13-26)27(30-3)15(2)28/h4-7,10-11,18H,8-9,12-13H2,1-3H3,(H2,24,25,29)/t18-/m1/s1. The lowest BCUT2D eigenvalue weighted by Crippen LogP contribution is -2.39. The number of carbonyl (C=O) groups excluding carboxylic acids is 2. The number of halogens is 1. The van der Waals surface area contributed by atoms with Crippen molar-refractivity contribution in [3.05, 3.63) is 53.6 Å². The van der Waals surface area contributed by atoms with Crippen molar-refractivity contribution in [2.75, 3.05) is 30.8 Å². The minimum atomic E-state index is -0.546. The fraction of sp³-hybridized carbons (Fsp3) is 0.381. The van der Waals surface area contributed by atoms with E-state index in [1.807, 2.05) is 6.92 Å². The van der Waals surface area contributed by atoms with E-state index in [9.17, 15) is 14.0 Å². The Hall–Kier alpha value is -3.04. The number of hydrogen-bond acceptors (Lipinski definition) is 5. The third kappa shape index (κ3) is 5.52. The number of amides is 3. The van der Waals surface area contributed by atoms with Gasteiger partial charge in [-0.1, -0.05) is 6.07 Å². The molecule has 0 bridgehead atoms. The second-order valence-electron chi connectivity index (χ2n) is 7.29. The quantitative estimate of drug-likeness (QED) is 0.708. The molecule has 1 saturated heterocycles. The van der Waals surface area contributed by atoms with Crippen LogP contribution in [0.4, 0.5) is 20.6 Å². The summed E-state index contributed by atoms with van der Waals surface area (Å²) < 4.78 is 14.2. The second kappa shape index (κ2) is 9.64. The van der Waals surface area contributed by atoms with Gasteiger partial charge in [0.25, 0.3) is 0 Å². The van der Waals surface area contributed by atoms with Gasteiger partial charge in [0.1, 0.15) is 5.82 Å². The van der Waals surface area contributed by atoms with Gasteiger partial charge in [-0.3, -0.25) is 19.5 Å². The van der Waals surface area contributed by atoms with Gasteiger partial charge in [-0.05, 0) is 43.2 Å². The largest absolute Gasteiger partial charge is 0.323 e. The fourth-order valence-corrected chi connectivity index (χ4v) is 3.53. The first-order valence-corrected chi connectivity index (χ1v) is 9.71. The zero-order valence-corrected chi connectivity index (χ0v) is 17.3. The maximum atomic E-state index is 14.2. The van der Waals surface area contributed by atoms with E-state index in [1.165, 1.54) is 31.4 Å². The van der Waals surface area contributed by atoms with Crippen molar-refractivity contribution in [1.82, 2.24) is 14.9 Å². The molecule has 30 heavy (non-hydrogen) atoms. The average molecular weight is 415 g/mol. The lowest BCUT2D eigenvalue weighted by Gasteiger charge is -2.25. The summed E-state index contributed by atoms with van der Waals surface area (Å²) in [6.45, 7) is 5.35. The maximum absolute atomic E-state index is 14.2. The summed E-state index contributed by atoms with van der Waals surface area (Å²) in [4.78, 5) is 35.3. The average Bonchev–Trinajstić information content (AvgIpc) is 3.14. The molecule has 0 unspecified atom stereocenters. The molecule has 1 aliphatic heterocycles. The van der Waals surface area contributed by atoms with Crippen molar-refractivity contribution in [1.29, 1.82) is 0 Å². The van der Waals surface area contributed by atoms with Gasteiger partial charge in [0.15, 0.2) is 0 Å². The van der Waals surface area contributed by atoms with E-state index in [1.54, 1.807) is 24.3 Å². The van der Waals surface area contributed by atoms with Gasteiger partial charge in [-0.2, -0.15) is 0 Å². The predicted molar refractivity (Wildman–Crippen MR) is 111 cm³/mol. The molecule has 0 saturated carbocycles. The van der Waals surface area contributed by atoms with Gasteiger partial charge in [0, 0.05) is 32.3 Å². The summed E-state index contributed by atoms with van der Waals surface area (Å²) in [5.41, 5.74) is 2.31. The van der Waals surface area contributed by atoms with Gasteiger partial charge < -0.3 is 10.6 Å². The maximum Gasteiger partial charge on any atom is 0.323 e. The molecular weight excluding hydrogens is 389 g/mol. The molecule has 9 heteroatoms. The fourth-order valence-electron chi connectivity index (χ4n) is 3.53. The number of likely N-dealkylation sites (tertiary alicyclic amines) is 1. The van der Waals surface area contributed by atoms with Crippen LogP contribution in [0.2, 0.25) is 0 Å². The first-order chi connectivity index (χ1) is 14.4. The normalized spacial score (nSPS) is 16.3. The number of aromatic nitrogens is 1. The monoisotopic (exact) mass is 415 g/mol. The van der Waals surface area contributed by atoms with Gasteiger partial charge in [0.05, 0.1) is 30.7 Å². The Morgan fingerprint density at radius 1 is 1.30 bits per heavy atom. The summed E-state index contributed by atoms with van der Waals surface area (Å²) in [6, 6.07) is 7.58. The number of carbonyl (C=O) groups is 2. The Morgan fingerprint density at radius 3 is 2.77 bits per heavy atom. The Kier molecular flexibility index (Phi) is 6.96. The molecular formula is C21H26FN5O3. The highest BCUT2D eigenvalue weighted by molar-refractivity contribution is 5.99. The summed E-state index contributed by atoms with van der Waals surface area (Å²) in [7, 11) is 1.49. The Bertz CT molecular complexity index is 906. The molecule has 1 aromatic heterocycles. The molecule has 8 nitrogen and oxygen atoms in total. The zero-order valence-electron chi connectivity index (χ0n) is 17.3. The molecule has 3 amide bonds. The van der Waals surface area contributed by atoms with E-state index in [0.29, 0.717) is 18.8 Å². The number of aryl methyl sites for hydroxylation is 1. The van der Waals surface area contributed by atoms with Crippen molar-refractivity contribution in [3.63, 3.8) is 0 Å². The summed E-state index contributed by atoms with van der Waals surface area (Å²) in [6.07, 6.45) is 2.34. The minimum absolute atomic E-state index is 0.0144. The van der Waals surface area contributed by atoms with E-state index in [2.05, 4.69) is 20.5 Å². The number of nitrogens with zero attached hydrogens (tertiary/aromatic N) is 3. The Balaban J connectivity index is 1.60. The van der Waals surface area contributed by atoms with Gasteiger partial charge in [-0.25, -0.2) is 14.2 Å². The molecule has 1 atom stereocenters. The van der Waals surface area contributed by atoms with Crippen LogP contribution in [0.15, 0.2) is 36.5 Å². The molecule has 0 radical (unpaired) electrons. The Labute approximate surface area is 175 Å². The molecule has 3 rings (SSSR count). The van der Waals surface area contributed by atoms with Crippen molar-refractivity contribution in [3.8, 4) is 0 Å². The third-order valence-electron chi connectivity index (χ3n) is 4.94. The van der Waals surface area contributed by atoms with E-state index in [4.69, 9.17) is 4.84 Å². The number of urea groups is 1. The van der Waals surface area contributed by atoms with Crippen molar-refractivity contribution in [2.24, 2.45) is 0 Å². The van der Waals surface area contributed by atoms with Crippen LogP contribution in [0.3, 0.4) is 0 Å². The number of anilines is 2. The topological polar surface area (TPSA) is 86.8 Å². The number of hydroxylamine groups is 2. The highest BCUT2D eigenvalue weighted by atomic mass is 19.1. The van der Waals surface area contributed by atoms with E-state index < -0.39 is 11.8 Å². The molecule has 0 spiro atoms. The summed E-state index contributed by atoms with van der Waals surface area (Å²) >= 11 is 0. The van der Waals surface area contributed by atoms with Crippen LogP contribution in [0.1, 0.15) is 24.6 Å². The lowest BCUT2D eigenvalue weighted by molar-refractivity contribution is -0.184. The smallest absolute Gasteiger partial charge is 0.306 e. The molecule has 0 aliphatic carbocycles. The van der Waals surface area contributed by atoms with E-state index in [0.717, 1.165) is 24.2 Å². The number of benzene rings is 1. The second-order valence-corrected chi connectivity index (χ2v) is 7.29. The SMILES string of the molecule is CON(C(C)=O)[C@@H]1CCN(Cc2ccc(F)c(NC(=O)Nc3ccc(C)nc3)c2)C1. The number of hydrogen-bond donors (Lipinski definition) is 2. The highest BCUT2D eigenvalue weighted by Gasteiger charge is 2.29. The number of rotatable bonds is 6. The van der Waals surface area contributed by atoms with Crippen molar-refractivity contribution >= 4 is 23.3 Å². The van der Waals surface area contributed by atoms with Crippen LogP contribution in [-0.2, 0) is 16.2 Å². The molecule has 160 valence electrons. The number of pyridine rings is 1. The van der Waals surface area contributed by atoms with Crippen LogP contribution < -0.4 is 10.6 Å². The first kappa shape index (κ1) is 21.7. The molecule has 2 N–H and O–H groups in total. The van der Waals surface area contributed by atoms with Crippen LogP contribution in [0.5, 0.6) is 0 Å². The Morgan fingerprint density at radius 2 is 2.10 bits per heavy atom. The van der Waals surface area contributed by atoms with Gasteiger partial charge in [-0.15, -0.1) is 0 Å². The molecule has 1 aliphatic rings. The van der Waals surface area contributed by atoms with Gasteiger partial charge in [0.2, 0.25) is 5.91 Å². The molecule has 2 heterocycles. The predicted octanol–water partition coefficient (Wildman–Crippen LogP) is 3.16. The zero-order chi connectivity index (χ0) is 21.7. The van der Waals surface area contributed by atoms with E-state index >= 15 is 0 Å². The highest BCUT2D eigenvalue weighted by Crippen LogP contribution is 2.22.